The van der Waals surface area contributed by atoms with Gasteiger partial charge in [-0.3, -0.25) is 4.90 Å². The van der Waals surface area contributed by atoms with Crippen molar-refractivity contribution in [3.05, 3.63) is 85.0 Å². The van der Waals surface area contributed by atoms with Crippen LogP contribution >= 0.6 is 0 Å². The van der Waals surface area contributed by atoms with Gasteiger partial charge in [-0.15, -0.1) is 13.2 Å². The monoisotopic (exact) mass is 419 g/mol. The Morgan fingerprint density at radius 2 is 1.71 bits per heavy atom. The quantitative estimate of drug-likeness (QED) is 0.688. The van der Waals surface area contributed by atoms with Gasteiger partial charge in [-0.1, -0.05) is 60.7 Å². The summed E-state index contributed by atoms with van der Waals surface area (Å²) >= 11 is 0. The highest BCUT2D eigenvalue weighted by Gasteiger charge is 2.48. The number of aliphatic hydroxyl groups is 1. The Hall–Kier alpha value is -2.89. The number of ether oxygens (including phenoxy) is 2. The summed E-state index contributed by atoms with van der Waals surface area (Å²) in [5.41, 5.74) is 3.78. The average Bonchev–Trinajstić information content (AvgIpc) is 3.27. The zero-order chi connectivity index (χ0) is 22.2. The molecule has 31 heavy (non-hydrogen) atoms. The molecule has 162 valence electrons. The van der Waals surface area contributed by atoms with Gasteiger partial charge in [0.2, 0.25) is 0 Å². The lowest BCUT2D eigenvalue weighted by Gasteiger charge is -2.35. The summed E-state index contributed by atoms with van der Waals surface area (Å²) in [6, 6.07) is 15.9. The molecule has 0 radical (unpaired) electrons. The topological polar surface area (TPSA) is 59.0 Å². The molecule has 2 atom stereocenters. The van der Waals surface area contributed by atoms with Crippen molar-refractivity contribution in [2.75, 3.05) is 13.2 Å². The van der Waals surface area contributed by atoms with Crippen LogP contribution in [-0.4, -0.2) is 47.2 Å². The summed E-state index contributed by atoms with van der Waals surface area (Å²) < 4.78 is 11.7. The zero-order valence-electron chi connectivity index (χ0n) is 18.0. The van der Waals surface area contributed by atoms with Crippen LogP contribution < -0.4 is 0 Å². The molecule has 0 unspecified atom stereocenters. The normalized spacial score (nSPS) is 20.3. The molecular weight excluding hydrogens is 390 g/mol. The highest BCUT2D eigenvalue weighted by atomic mass is 16.6. The molecule has 0 aromatic heterocycles. The SMILES string of the molecule is C=CC(C=C)[C@@H](O)[C@@H]1COC(C)(C)N1C(=O)OCC1c2ccccc2-c2ccccc21. The Morgan fingerprint density at radius 3 is 2.26 bits per heavy atom. The highest BCUT2D eigenvalue weighted by Crippen LogP contribution is 2.44. The van der Waals surface area contributed by atoms with Crippen molar-refractivity contribution in [2.45, 2.75) is 37.6 Å². The predicted octanol–water partition coefficient (Wildman–Crippen LogP) is 4.72. The molecule has 1 fully saturated rings. The molecule has 1 saturated heterocycles. The first kappa shape index (κ1) is 21.3. The van der Waals surface area contributed by atoms with E-state index in [0.29, 0.717) is 0 Å². The Bertz CT molecular complexity index is 945. The third-order valence-corrected chi connectivity index (χ3v) is 6.38. The molecule has 0 spiro atoms. The van der Waals surface area contributed by atoms with Crippen LogP contribution in [0.1, 0.15) is 30.9 Å². The molecule has 1 heterocycles. The molecule has 5 nitrogen and oxygen atoms in total. The predicted molar refractivity (Wildman–Crippen MR) is 121 cm³/mol. The van der Waals surface area contributed by atoms with Gasteiger partial charge in [0, 0.05) is 11.8 Å². The van der Waals surface area contributed by atoms with Crippen LogP contribution in [0.3, 0.4) is 0 Å². The van der Waals surface area contributed by atoms with Gasteiger partial charge in [0.15, 0.2) is 0 Å². The van der Waals surface area contributed by atoms with Crippen LogP contribution in [0.25, 0.3) is 11.1 Å². The molecule has 1 aliphatic heterocycles. The maximum absolute atomic E-state index is 13.2. The second kappa shape index (κ2) is 8.33. The molecule has 2 aromatic carbocycles. The van der Waals surface area contributed by atoms with Gasteiger partial charge >= 0.3 is 6.09 Å². The molecule has 1 amide bonds. The standard InChI is InChI=1S/C26H29NO4/c1-5-17(6-2)24(28)23-16-31-26(3,4)27(23)25(29)30-15-22-20-13-9-7-11-18(20)19-12-8-10-14-21(19)22/h5-14,17,22-24,28H,1-2,15-16H2,3-4H3/t23-,24+/m0/s1. The Balaban J connectivity index is 1.55. The summed E-state index contributed by atoms with van der Waals surface area (Å²) in [6.07, 6.45) is 1.87. The van der Waals surface area contributed by atoms with E-state index in [4.69, 9.17) is 9.47 Å². The number of rotatable bonds is 6. The minimum absolute atomic E-state index is 0.0274. The Morgan fingerprint density at radius 1 is 1.16 bits per heavy atom. The van der Waals surface area contributed by atoms with Crippen molar-refractivity contribution in [2.24, 2.45) is 5.92 Å². The van der Waals surface area contributed by atoms with Crippen LogP contribution in [0.5, 0.6) is 0 Å². The lowest BCUT2D eigenvalue weighted by Crippen LogP contribution is -2.53. The molecule has 1 aliphatic carbocycles. The fourth-order valence-corrected chi connectivity index (χ4v) is 4.73. The number of aliphatic hydroxyl groups excluding tert-OH is 1. The molecule has 5 heteroatoms. The Kier molecular flexibility index (Phi) is 5.73. The van der Waals surface area contributed by atoms with Crippen LogP contribution in [0.15, 0.2) is 73.8 Å². The molecule has 0 saturated carbocycles. The van der Waals surface area contributed by atoms with Crippen LogP contribution in [0.2, 0.25) is 0 Å². The lowest BCUT2D eigenvalue weighted by molar-refractivity contribution is -0.0543. The van der Waals surface area contributed by atoms with Crippen molar-refractivity contribution in [3.63, 3.8) is 0 Å². The molecule has 0 bridgehead atoms. The van der Waals surface area contributed by atoms with Gasteiger partial charge in [0.05, 0.1) is 18.8 Å². The molecule has 4 rings (SSSR count). The molecule has 2 aliphatic rings. The second-order valence-corrected chi connectivity index (χ2v) is 8.54. The van der Waals surface area contributed by atoms with E-state index < -0.39 is 24.0 Å². The smallest absolute Gasteiger partial charge is 0.412 e. The van der Waals surface area contributed by atoms with Gasteiger partial charge in [-0.25, -0.2) is 4.79 Å². The molecule has 2 aromatic rings. The van der Waals surface area contributed by atoms with E-state index in [1.165, 1.54) is 16.0 Å². The van der Waals surface area contributed by atoms with E-state index in [0.717, 1.165) is 11.1 Å². The van der Waals surface area contributed by atoms with Crippen molar-refractivity contribution >= 4 is 6.09 Å². The first-order valence-electron chi connectivity index (χ1n) is 10.6. The number of hydrogen-bond donors (Lipinski definition) is 1. The first-order chi connectivity index (χ1) is 14.9. The maximum Gasteiger partial charge on any atom is 0.412 e. The van der Waals surface area contributed by atoms with E-state index in [-0.39, 0.29) is 25.0 Å². The maximum atomic E-state index is 13.2. The van der Waals surface area contributed by atoms with E-state index in [2.05, 4.69) is 37.4 Å². The molecule has 1 N–H and O–H groups in total. The summed E-state index contributed by atoms with van der Waals surface area (Å²) in [6.45, 7) is 11.6. The fraction of sp³-hybridized carbons (Fsp3) is 0.346. The van der Waals surface area contributed by atoms with Gasteiger partial charge < -0.3 is 14.6 Å². The van der Waals surface area contributed by atoms with Gasteiger partial charge in [-0.2, -0.15) is 0 Å². The number of carbonyl (C=O) groups is 1. The summed E-state index contributed by atoms with van der Waals surface area (Å²) in [4.78, 5) is 14.7. The summed E-state index contributed by atoms with van der Waals surface area (Å²) in [5.74, 6) is -0.383. The van der Waals surface area contributed by atoms with Gasteiger partial charge in [-0.05, 0) is 36.1 Å². The number of carbonyl (C=O) groups excluding carboxylic acids is 1. The summed E-state index contributed by atoms with van der Waals surface area (Å²) in [5, 5.41) is 10.8. The number of fused-ring (bicyclic) bond motifs is 3. The molecular formula is C26H29NO4. The van der Waals surface area contributed by atoms with Crippen molar-refractivity contribution in [1.82, 2.24) is 4.90 Å². The third-order valence-electron chi connectivity index (χ3n) is 6.38. The number of amides is 1. The zero-order valence-corrected chi connectivity index (χ0v) is 18.0. The van der Waals surface area contributed by atoms with Gasteiger partial charge in [0.1, 0.15) is 12.3 Å². The van der Waals surface area contributed by atoms with Gasteiger partial charge in [0.25, 0.3) is 0 Å². The van der Waals surface area contributed by atoms with Crippen molar-refractivity contribution in [1.29, 1.82) is 0 Å². The van der Waals surface area contributed by atoms with E-state index in [9.17, 15) is 9.90 Å². The van der Waals surface area contributed by atoms with Crippen molar-refractivity contribution in [3.8, 4) is 11.1 Å². The van der Waals surface area contributed by atoms with E-state index in [1.54, 1.807) is 26.0 Å². The van der Waals surface area contributed by atoms with Crippen LogP contribution in [0, 0.1) is 5.92 Å². The van der Waals surface area contributed by atoms with E-state index in [1.807, 2.05) is 24.3 Å². The number of benzene rings is 2. The van der Waals surface area contributed by atoms with E-state index >= 15 is 0 Å². The second-order valence-electron chi connectivity index (χ2n) is 8.54. The van der Waals surface area contributed by atoms with Crippen LogP contribution in [0.4, 0.5) is 4.79 Å². The van der Waals surface area contributed by atoms with Crippen LogP contribution in [-0.2, 0) is 9.47 Å². The fourth-order valence-electron chi connectivity index (χ4n) is 4.73. The lowest BCUT2D eigenvalue weighted by atomic mass is 9.95. The first-order valence-corrected chi connectivity index (χ1v) is 10.6. The number of nitrogens with zero attached hydrogens (tertiary/aromatic N) is 1. The average molecular weight is 420 g/mol. The highest BCUT2D eigenvalue weighted by molar-refractivity contribution is 5.79. The van der Waals surface area contributed by atoms with Crippen molar-refractivity contribution < 1.29 is 19.4 Å². The Labute approximate surface area is 183 Å². The summed E-state index contributed by atoms with van der Waals surface area (Å²) in [7, 11) is 0. The third kappa shape index (κ3) is 3.68. The largest absolute Gasteiger partial charge is 0.448 e. The number of hydrogen-bond acceptors (Lipinski definition) is 4. The minimum Gasteiger partial charge on any atom is -0.448 e. The minimum atomic E-state index is -0.888.